The molecule has 2 aliphatic heterocycles. The van der Waals surface area contributed by atoms with Gasteiger partial charge in [-0.3, -0.25) is 4.90 Å². The van der Waals surface area contributed by atoms with Gasteiger partial charge in [0, 0.05) is 36.3 Å². The number of nitrogens with zero attached hydrogens (tertiary/aromatic N) is 3. The Morgan fingerprint density at radius 3 is 2.56 bits per heavy atom. The van der Waals surface area contributed by atoms with Crippen LogP contribution in [0.5, 0.6) is 0 Å². The second-order valence-corrected chi connectivity index (χ2v) is 10.8. The van der Waals surface area contributed by atoms with E-state index in [0.717, 1.165) is 49.4 Å². The molecule has 1 aromatic carbocycles. The number of alkyl halides is 3. The van der Waals surface area contributed by atoms with Gasteiger partial charge in [-0.2, -0.15) is 13.2 Å². The van der Waals surface area contributed by atoms with Gasteiger partial charge < -0.3 is 15.0 Å². The summed E-state index contributed by atoms with van der Waals surface area (Å²) in [7, 11) is 0. The summed E-state index contributed by atoms with van der Waals surface area (Å²) in [5, 5.41) is 4.45. The van der Waals surface area contributed by atoms with E-state index >= 15 is 0 Å². The topological polar surface area (TPSA) is 79.4 Å². The highest BCUT2D eigenvalue weighted by atomic mass is 32.2. The molecular weight excluding hydrogens is 479 g/mol. The molecule has 12 heteroatoms. The van der Waals surface area contributed by atoms with Gasteiger partial charge >= 0.3 is 6.18 Å². The summed E-state index contributed by atoms with van der Waals surface area (Å²) in [6.45, 7) is 0.319. The van der Waals surface area contributed by atoms with Crippen molar-refractivity contribution in [1.29, 1.82) is 0 Å². The summed E-state index contributed by atoms with van der Waals surface area (Å²) in [6, 6.07) is 0.473. The lowest BCUT2D eigenvalue weighted by Gasteiger charge is -2.44. The van der Waals surface area contributed by atoms with Gasteiger partial charge in [0.25, 0.3) is 0 Å². The molecule has 6 nitrogen and oxygen atoms in total. The SMILES string of the molecule is N[C@H]1C[C@@H](N2Cc3cn([S+]([O-])C4CCCC4)nc3C2)[C@H](C(F)(F)F)O[C@@H]1c1cc(F)ccc1F. The molecule has 0 radical (unpaired) electrons. The molecule has 0 bridgehead atoms. The van der Waals surface area contributed by atoms with E-state index in [1.54, 1.807) is 11.1 Å². The lowest BCUT2D eigenvalue weighted by atomic mass is 9.89. The monoisotopic (exact) mass is 504 g/mol. The minimum Gasteiger partial charge on any atom is -0.591 e. The van der Waals surface area contributed by atoms with Crippen molar-refractivity contribution in [3.05, 3.63) is 52.9 Å². The van der Waals surface area contributed by atoms with Crippen LogP contribution in [0, 0.1) is 11.6 Å². The van der Waals surface area contributed by atoms with Crippen LogP contribution in [0.3, 0.4) is 0 Å². The molecule has 1 unspecified atom stereocenters. The lowest BCUT2D eigenvalue weighted by Crippen LogP contribution is -2.58. The third-order valence-corrected chi connectivity index (χ3v) is 8.55. The second-order valence-electron chi connectivity index (χ2n) is 9.24. The van der Waals surface area contributed by atoms with E-state index in [4.69, 9.17) is 10.5 Å². The number of fused-ring (bicyclic) bond motifs is 1. The smallest absolute Gasteiger partial charge is 0.416 e. The van der Waals surface area contributed by atoms with Gasteiger partial charge in [-0.15, -0.1) is 5.10 Å². The van der Waals surface area contributed by atoms with E-state index in [-0.39, 0.29) is 30.3 Å². The first-order valence-corrected chi connectivity index (χ1v) is 12.4. The standard InChI is InChI=1S/C22H25F5N4O2S/c23-13-5-6-16(24)15(7-13)20-17(28)8-19(21(33-20)22(25,26)27)30-9-12-10-31(29-18(12)11-30)34(32)14-3-1-2-4-14/h5-7,10,14,17,19-21H,1-4,8-9,11,28H2/t17-,19+,20+,21+,34?/m0/s1. The zero-order valence-electron chi connectivity index (χ0n) is 18.2. The summed E-state index contributed by atoms with van der Waals surface area (Å²) >= 11 is -1.29. The molecule has 1 aliphatic carbocycles. The molecule has 34 heavy (non-hydrogen) atoms. The van der Waals surface area contributed by atoms with Crippen molar-refractivity contribution >= 4 is 11.4 Å². The van der Waals surface area contributed by atoms with Crippen molar-refractivity contribution < 1.29 is 31.2 Å². The number of hydrogen-bond acceptors (Lipinski definition) is 5. The Morgan fingerprint density at radius 1 is 1.15 bits per heavy atom. The molecule has 3 aliphatic rings. The fourth-order valence-electron chi connectivity index (χ4n) is 5.27. The molecule has 2 N–H and O–H groups in total. The van der Waals surface area contributed by atoms with Crippen LogP contribution in [-0.2, 0) is 29.2 Å². The molecule has 5 atom stereocenters. The van der Waals surface area contributed by atoms with E-state index < -0.39 is 53.5 Å². The van der Waals surface area contributed by atoms with E-state index in [2.05, 4.69) is 5.10 Å². The Labute approximate surface area is 196 Å². The third kappa shape index (κ3) is 4.46. The largest absolute Gasteiger partial charge is 0.591 e. The Bertz CT molecular complexity index is 1020. The summed E-state index contributed by atoms with van der Waals surface area (Å²) in [4.78, 5) is 1.59. The number of nitrogens with two attached hydrogens (primary N) is 1. The fourth-order valence-corrected chi connectivity index (χ4v) is 6.72. The Balaban J connectivity index is 1.34. The second kappa shape index (κ2) is 9.05. The van der Waals surface area contributed by atoms with Crippen molar-refractivity contribution in [2.75, 3.05) is 0 Å². The zero-order valence-corrected chi connectivity index (χ0v) is 19.0. The quantitative estimate of drug-likeness (QED) is 0.507. The van der Waals surface area contributed by atoms with Gasteiger partial charge in [0.05, 0.1) is 23.3 Å². The van der Waals surface area contributed by atoms with Crippen LogP contribution in [0.4, 0.5) is 22.0 Å². The third-order valence-electron chi connectivity index (χ3n) is 6.96. The Kier molecular flexibility index (Phi) is 6.38. The molecule has 1 aromatic heterocycles. The maximum Gasteiger partial charge on any atom is 0.416 e. The number of ether oxygens (including phenoxy) is 1. The van der Waals surface area contributed by atoms with Crippen LogP contribution in [0.1, 0.15) is 55.0 Å². The predicted molar refractivity (Wildman–Crippen MR) is 114 cm³/mol. The molecule has 3 heterocycles. The molecule has 0 spiro atoms. The first-order valence-electron chi connectivity index (χ1n) is 11.3. The van der Waals surface area contributed by atoms with Crippen LogP contribution >= 0.6 is 0 Å². The number of aromatic nitrogens is 2. The number of rotatable bonds is 4. The van der Waals surface area contributed by atoms with Crippen molar-refractivity contribution in [3.8, 4) is 0 Å². The molecule has 186 valence electrons. The fraction of sp³-hybridized carbons (Fsp3) is 0.591. The number of halogens is 5. The Hall–Kier alpha value is -1.73. The first-order chi connectivity index (χ1) is 16.1. The lowest BCUT2D eigenvalue weighted by molar-refractivity contribution is -0.269. The van der Waals surface area contributed by atoms with E-state index in [1.165, 1.54) is 4.09 Å². The highest BCUT2D eigenvalue weighted by Gasteiger charge is 2.54. The van der Waals surface area contributed by atoms with Crippen LogP contribution in [0.15, 0.2) is 24.4 Å². The van der Waals surface area contributed by atoms with Crippen LogP contribution < -0.4 is 5.73 Å². The molecule has 0 amide bonds. The first kappa shape index (κ1) is 24.0. The van der Waals surface area contributed by atoms with Gasteiger partial charge in [0.15, 0.2) is 6.10 Å². The molecule has 2 fully saturated rings. The Morgan fingerprint density at radius 2 is 1.88 bits per heavy atom. The van der Waals surface area contributed by atoms with Gasteiger partial charge in [-0.25, -0.2) is 8.78 Å². The molecular formula is C22H25F5N4O2S. The maximum absolute atomic E-state index is 14.3. The van der Waals surface area contributed by atoms with Gasteiger partial charge in [0.1, 0.15) is 23.0 Å². The van der Waals surface area contributed by atoms with Crippen molar-refractivity contribution in [3.63, 3.8) is 0 Å². The van der Waals surface area contributed by atoms with Gasteiger partial charge in [-0.1, -0.05) is 4.09 Å². The summed E-state index contributed by atoms with van der Waals surface area (Å²) in [6.07, 6.45) is -3.05. The van der Waals surface area contributed by atoms with E-state index in [1.807, 2.05) is 0 Å². The van der Waals surface area contributed by atoms with Crippen molar-refractivity contribution in [2.45, 2.75) is 80.9 Å². The summed E-state index contributed by atoms with van der Waals surface area (Å²) in [5.74, 6) is -1.65. The average Bonchev–Trinajstić information content (AvgIpc) is 3.51. The van der Waals surface area contributed by atoms with Crippen LogP contribution in [-0.4, -0.2) is 48.3 Å². The van der Waals surface area contributed by atoms with Crippen LogP contribution in [0.2, 0.25) is 0 Å². The van der Waals surface area contributed by atoms with E-state index in [0.29, 0.717) is 5.69 Å². The average molecular weight is 505 g/mol. The predicted octanol–water partition coefficient (Wildman–Crippen LogP) is 3.72. The zero-order chi connectivity index (χ0) is 24.2. The van der Waals surface area contributed by atoms with Crippen LogP contribution in [0.25, 0.3) is 0 Å². The highest BCUT2D eigenvalue weighted by Crippen LogP contribution is 2.42. The van der Waals surface area contributed by atoms with Gasteiger partial charge in [0.2, 0.25) is 0 Å². The maximum atomic E-state index is 14.3. The molecule has 1 saturated heterocycles. The highest BCUT2D eigenvalue weighted by molar-refractivity contribution is 7.90. The van der Waals surface area contributed by atoms with Crippen molar-refractivity contribution in [1.82, 2.24) is 14.1 Å². The van der Waals surface area contributed by atoms with E-state index in [9.17, 15) is 26.5 Å². The summed E-state index contributed by atoms with van der Waals surface area (Å²) in [5.41, 5.74) is 7.12. The molecule has 2 aromatic rings. The van der Waals surface area contributed by atoms with Gasteiger partial charge in [-0.05, 0) is 50.3 Å². The number of hydrogen-bond donors (Lipinski definition) is 1. The van der Waals surface area contributed by atoms with Crippen molar-refractivity contribution in [2.24, 2.45) is 5.73 Å². The minimum atomic E-state index is -4.74. The number of benzene rings is 1. The normalized spacial score (nSPS) is 29.5. The minimum absolute atomic E-state index is 0.0515. The molecule has 1 saturated carbocycles. The molecule has 5 rings (SSSR count). The summed E-state index contributed by atoms with van der Waals surface area (Å²) < 4.78 is 89.5.